The number of aryl methyl sites for hydroxylation is 1. The first kappa shape index (κ1) is 12.4. The van der Waals surface area contributed by atoms with Gasteiger partial charge in [0, 0.05) is 0 Å². The summed E-state index contributed by atoms with van der Waals surface area (Å²) in [6.07, 6.45) is 0. The first-order valence-electron chi connectivity index (χ1n) is 5.43. The van der Waals surface area contributed by atoms with Gasteiger partial charge in [-0.25, -0.2) is 4.63 Å². The van der Waals surface area contributed by atoms with Crippen LogP contribution in [0.3, 0.4) is 0 Å². The van der Waals surface area contributed by atoms with Crippen molar-refractivity contribution in [3.05, 3.63) is 35.2 Å². The zero-order chi connectivity index (χ0) is 13.0. The van der Waals surface area contributed by atoms with Crippen molar-refractivity contribution in [3.63, 3.8) is 0 Å². The fourth-order valence-electron chi connectivity index (χ4n) is 1.46. The highest BCUT2D eigenvalue weighted by atomic mass is 16.6. The van der Waals surface area contributed by atoms with Gasteiger partial charge in [0.05, 0.1) is 13.7 Å². The highest BCUT2D eigenvalue weighted by Crippen LogP contribution is 2.28. The van der Waals surface area contributed by atoms with Gasteiger partial charge >= 0.3 is 0 Å². The lowest BCUT2D eigenvalue weighted by molar-refractivity contribution is 0.258. The molecular weight excluding hydrogens is 236 g/mol. The number of rotatable bonds is 5. The highest BCUT2D eigenvalue weighted by molar-refractivity contribution is 5.42. The Bertz CT molecular complexity index is 525. The first-order chi connectivity index (χ1) is 8.74. The predicted molar refractivity (Wildman–Crippen MR) is 62.3 cm³/mol. The van der Waals surface area contributed by atoms with Gasteiger partial charge in [-0.2, -0.15) is 0 Å². The molecule has 0 radical (unpaired) electrons. The van der Waals surface area contributed by atoms with Crippen LogP contribution in [0.4, 0.5) is 0 Å². The number of aliphatic hydroxyl groups excluding tert-OH is 1. The maximum Gasteiger partial charge on any atom is 0.161 e. The molecule has 18 heavy (non-hydrogen) atoms. The van der Waals surface area contributed by atoms with Gasteiger partial charge in [-0.15, -0.1) is 0 Å². The van der Waals surface area contributed by atoms with Crippen LogP contribution in [0, 0.1) is 6.92 Å². The Morgan fingerprint density at radius 3 is 2.72 bits per heavy atom. The van der Waals surface area contributed by atoms with E-state index >= 15 is 0 Å². The summed E-state index contributed by atoms with van der Waals surface area (Å²) >= 11 is 0. The molecular formula is C12H14N2O4. The van der Waals surface area contributed by atoms with E-state index in [1.807, 2.05) is 0 Å². The summed E-state index contributed by atoms with van der Waals surface area (Å²) in [7, 11) is 1.55. The maximum atomic E-state index is 9.04. The number of aromatic nitrogens is 2. The Morgan fingerprint density at radius 1 is 1.28 bits per heavy atom. The minimum atomic E-state index is -0.0387. The van der Waals surface area contributed by atoms with Gasteiger partial charge in [-0.05, 0) is 24.6 Å². The molecule has 0 aliphatic carbocycles. The van der Waals surface area contributed by atoms with Crippen molar-refractivity contribution in [2.24, 2.45) is 0 Å². The zero-order valence-corrected chi connectivity index (χ0v) is 10.2. The molecule has 1 aromatic heterocycles. The summed E-state index contributed by atoms with van der Waals surface area (Å²) in [5, 5.41) is 16.4. The van der Waals surface area contributed by atoms with Crippen molar-refractivity contribution in [2.45, 2.75) is 20.1 Å². The van der Waals surface area contributed by atoms with Crippen LogP contribution >= 0.6 is 0 Å². The number of nitrogens with zero attached hydrogens (tertiary/aromatic N) is 2. The number of aliphatic hydroxyl groups is 1. The normalized spacial score (nSPS) is 10.4. The fourth-order valence-corrected chi connectivity index (χ4v) is 1.46. The molecule has 0 fully saturated rings. The Morgan fingerprint density at radius 2 is 2.11 bits per heavy atom. The largest absolute Gasteiger partial charge is 0.493 e. The lowest BCUT2D eigenvalue weighted by Gasteiger charge is -2.10. The van der Waals surface area contributed by atoms with Crippen LogP contribution in [0.15, 0.2) is 22.8 Å². The molecule has 2 rings (SSSR count). The third-order valence-electron chi connectivity index (χ3n) is 2.52. The van der Waals surface area contributed by atoms with E-state index in [2.05, 4.69) is 14.9 Å². The van der Waals surface area contributed by atoms with E-state index in [0.29, 0.717) is 22.9 Å². The second-order valence-corrected chi connectivity index (χ2v) is 3.73. The molecule has 0 aliphatic rings. The molecule has 0 spiro atoms. The van der Waals surface area contributed by atoms with Gasteiger partial charge in [-0.1, -0.05) is 16.4 Å². The minimum absolute atomic E-state index is 0.0387. The second-order valence-electron chi connectivity index (χ2n) is 3.73. The average molecular weight is 250 g/mol. The van der Waals surface area contributed by atoms with Crippen molar-refractivity contribution in [1.82, 2.24) is 10.3 Å². The van der Waals surface area contributed by atoms with Crippen LogP contribution in [-0.2, 0) is 13.2 Å². The van der Waals surface area contributed by atoms with Crippen LogP contribution in [0.5, 0.6) is 11.5 Å². The van der Waals surface area contributed by atoms with Gasteiger partial charge in [0.25, 0.3) is 0 Å². The zero-order valence-electron chi connectivity index (χ0n) is 10.2. The number of ether oxygens (including phenoxy) is 2. The topological polar surface area (TPSA) is 77.6 Å². The van der Waals surface area contributed by atoms with E-state index in [1.165, 1.54) is 0 Å². The molecule has 1 heterocycles. The number of hydrogen-bond donors (Lipinski definition) is 1. The van der Waals surface area contributed by atoms with E-state index in [-0.39, 0.29) is 13.2 Å². The van der Waals surface area contributed by atoms with Crippen molar-refractivity contribution in [3.8, 4) is 11.5 Å². The van der Waals surface area contributed by atoms with Crippen LogP contribution in [-0.4, -0.2) is 22.5 Å². The fraction of sp³-hybridized carbons (Fsp3) is 0.333. The van der Waals surface area contributed by atoms with Gasteiger partial charge in [0.2, 0.25) is 0 Å². The summed E-state index contributed by atoms with van der Waals surface area (Å²) in [5.41, 5.74) is 2.10. The molecule has 1 aromatic carbocycles. The van der Waals surface area contributed by atoms with E-state index in [1.54, 1.807) is 32.2 Å². The lowest BCUT2D eigenvalue weighted by atomic mass is 10.2. The standard InChI is InChI=1S/C12H14N2O4/c1-8-10(14-18-13-8)7-17-11-4-3-9(6-15)5-12(11)16-2/h3-5,15H,6-7H2,1-2H3. The van der Waals surface area contributed by atoms with Crippen LogP contribution in [0.25, 0.3) is 0 Å². The van der Waals surface area contributed by atoms with Crippen LogP contribution in [0.2, 0.25) is 0 Å². The van der Waals surface area contributed by atoms with Gasteiger partial charge in [0.15, 0.2) is 11.5 Å². The third kappa shape index (κ3) is 2.60. The molecule has 0 aliphatic heterocycles. The highest BCUT2D eigenvalue weighted by Gasteiger charge is 2.09. The molecule has 0 atom stereocenters. The van der Waals surface area contributed by atoms with Crippen LogP contribution in [0.1, 0.15) is 17.0 Å². The van der Waals surface area contributed by atoms with E-state index in [9.17, 15) is 0 Å². The quantitative estimate of drug-likeness (QED) is 0.865. The maximum absolute atomic E-state index is 9.04. The smallest absolute Gasteiger partial charge is 0.161 e. The van der Waals surface area contributed by atoms with Gasteiger partial charge < -0.3 is 14.6 Å². The average Bonchev–Trinajstić information content (AvgIpc) is 2.81. The summed E-state index contributed by atoms with van der Waals surface area (Å²) in [6, 6.07) is 5.24. The Balaban J connectivity index is 2.11. The molecule has 0 amide bonds. The molecule has 2 aromatic rings. The van der Waals surface area contributed by atoms with Crippen molar-refractivity contribution in [1.29, 1.82) is 0 Å². The second kappa shape index (κ2) is 5.50. The molecule has 0 unspecified atom stereocenters. The van der Waals surface area contributed by atoms with E-state index < -0.39 is 0 Å². The van der Waals surface area contributed by atoms with Crippen molar-refractivity contribution in [2.75, 3.05) is 7.11 Å². The van der Waals surface area contributed by atoms with Crippen LogP contribution < -0.4 is 9.47 Å². The molecule has 1 N–H and O–H groups in total. The summed E-state index contributed by atoms with van der Waals surface area (Å²) in [6.45, 7) is 2.01. The molecule has 0 bridgehead atoms. The number of methoxy groups -OCH3 is 1. The predicted octanol–water partition coefficient (Wildman–Crippen LogP) is 1.46. The number of benzene rings is 1. The monoisotopic (exact) mass is 250 g/mol. The summed E-state index contributed by atoms with van der Waals surface area (Å²) in [5.74, 6) is 1.15. The minimum Gasteiger partial charge on any atom is -0.493 e. The Hall–Kier alpha value is -2.08. The Kier molecular flexibility index (Phi) is 3.78. The van der Waals surface area contributed by atoms with Gasteiger partial charge in [0.1, 0.15) is 18.0 Å². The van der Waals surface area contributed by atoms with Crippen molar-refractivity contribution >= 4 is 0 Å². The Labute approximate surface area is 104 Å². The van der Waals surface area contributed by atoms with Crippen molar-refractivity contribution < 1.29 is 19.2 Å². The molecule has 6 heteroatoms. The van der Waals surface area contributed by atoms with E-state index in [0.717, 1.165) is 5.56 Å². The van der Waals surface area contributed by atoms with E-state index in [4.69, 9.17) is 14.6 Å². The summed E-state index contributed by atoms with van der Waals surface area (Å²) < 4.78 is 15.4. The SMILES string of the molecule is COc1cc(CO)ccc1OCc1nonc1C. The molecule has 0 saturated carbocycles. The molecule has 0 saturated heterocycles. The number of hydrogen-bond acceptors (Lipinski definition) is 6. The third-order valence-corrected chi connectivity index (χ3v) is 2.52. The lowest BCUT2D eigenvalue weighted by Crippen LogP contribution is -2.00. The van der Waals surface area contributed by atoms with Gasteiger partial charge in [-0.3, -0.25) is 0 Å². The molecule has 6 nitrogen and oxygen atoms in total. The first-order valence-corrected chi connectivity index (χ1v) is 5.43. The molecule has 96 valence electrons. The summed E-state index contributed by atoms with van der Waals surface area (Å²) in [4.78, 5) is 0.